The van der Waals surface area contributed by atoms with Crippen LogP contribution in [0, 0.1) is 0 Å². The van der Waals surface area contributed by atoms with Gasteiger partial charge >= 0.3 is 26.4 Å². The second-order valence-electron chi connectivity index (χ2n) is 13.8. The maximum absolute atomic E-state index is 6.22. The van der Waals surface area contributed by atoms with Gasteiger partial charge in [-0.1, -0.05) is 20.8 Å². The van der Waals surface area contributed by atoms with Gasteiger partial charge in [-0.15, -0.1) is 0 Å². The molecule has 0 atom stereocenters. The van der Waals surface area contributed by atoms with Crippen LogP contribution in [0.1, 0.15) is 122 Å². The van der Waals surface area contributed by atoms with Gasteiger partial charge in [0.15, 0.2) is 0 Å². The molecule has 1 rings (SSSR count). The third-order valence-electron chi connectivity index (χ3n) is 8.78. The normalized spacial score (nSPS) is 21.2. The predicted molar refractivity (Wildman–Crippen MR) is 257 cm³/mol. The van der Waals surface area contributed by atoms with E-state index in [9.17, 15) is 0 Å². The molecular weight excluding hydrogens is 880 g/mol. The van der Waals surface area contributed by atoms with E-state index in [2.05, 4.69) is 51.3 Å². The zero-order chi connectivity index (χ0) is 44.7. The van der Waals surface area contributed by atoms with Crippen LogP contribution in [0.4, 0.5) is 0 Å². The first-order chi connectivity index (χ1) is 29.0. The highest BCUT2D eigenvalue weighted by Crippen LogP contribution is 2.70. The molecule has 1 heterocycles. The number of rotatable bonds is 42. The van der Waals surface area contributed by atoms with E-state index in [1.165, 1.54) is 0 Å². The fourth-order valence-electron chi connectivity index (χ4n) is 6.59. The molecule has 0 aromatic carbocycles. The lowest BCUT2D eigenvalue weighted by atomic mass is 10.5. The number of hydrogen-bond acceptors (Lipinski definition) is 18. The minimum Gasteiger partial charge on any atom is -0.374 e. The molecule has 0 aliphatic carbocycles. The maximum Gasteiger partial charge on any atom is 0.500 e. The molecule has 1 aliphatic rings. The highest BCUT2D eigenvalue weighted by molar-refractivity contribution is 7.83. The van der Waals surface area contributed by atoms with E-state index in [0.717, 1.165) is 58.2 Å². The van der Waals surface area contributed by atoms with Crippen molar-refractivity contribution in [1.82, 2.24) is 30.5 Å². The fraction of sp³-hybridized carbons (Fsp3) is 1.00. The molecule has 0 fully saturated rings. The van der Waals surface area contributed by atoms with Gasteiger partial charge in [0.2, 0.25) is 22.5 Å². The lowest BCUT2D eigenvalue weighted by molar-refractivity contribution is 0.0701. The highest BCUT2D eigenvalue weighted by atomic mass is 31.3. The second kappa shape index (κ2) is 33.2. The molecule has 0 aromatic heterocycles. The lowest BCUT2D eigenvalue weighted by Crippen LogP contribution is -2.46. The lowest BCUT2D eigenvalue weighted by Gasteiger charge is -2.38. The Kier molecular flexibility index (Phi) is 32.6. The van der Waals surface area contributed by atoms with Crippen molar-refractivity contribution < 1.29 is 39.8 Å². The molecule has 60 heavy (non-hydrogen) atoms. The molecular formula is C36H90N9O9P3Si3. The Morgan fingerprint density at radius 2 is 0.483 bits per heavy atom. The number of hydrogen-bond donors (Lipinski definition) is 6. The quantitative estimate of drug-likeness (QED) is 0.0193. The van der Waals surface area contributed by atoms with Gasteiger partial charge in [-0.05, 0) is 101 Å². The smallest absolute Gasteiger partial charge is 0.374 e. The Morgan fingerprint density at radius 1 is 0.300 bits per heavy atom. The molecule has 0 unspecified atom stereocenters. The van der Waals surface area contributed by atoms with Crippen LogP contribution in [-0.2, 0) is 39.8 Å². The molecule has 0 spiro atoms. The first-order valence-electron chi connectivity index (χ1n) is 23.1. The fourth-order valence-corrected chi connectivity index (χ4v) is 26.7. The third kappa shape index (κ3) is 20.9. The van der Waals surface area contributed by atoms with E-state index in [1.54, 1.807) is 0 Å². The summed E-state index contributed by atoms with van der Waals surface area (Å²) in [6.07, 6.45) is 5.06. The summed E-state index contributed by atoms with van der Waals surface area (Å²) in [5, 5.41) is 23.3. The Hall–Kier alpha value is 0.741. The van der Waals surface area contributed by atoms with Crippen LogP contribution >= 0.6 is 22.5 Å². The molecule has 18 nitrogen and oxygen atoms in total. The minimum absolute atomic E-state index is 0.539. The number of nitrogens with zero attached hydrogens (tertiary/aromatic N) is 3. The van der Waals surface area contributed by atoms with Crippen molar-refractivity contribution in [2.24, 2.45) is 13.5 Å². The van der Waals surface area contributed by atoms with E-state index in [-0.39, 0.29) is 0 Å². The zero-order valence-electron chi connectivity index (χ0n) is 39.8. The van der Waals surface area contributed by atoms with E-state index in [0.29, 0.717) is 97.2 Å². The summed E-state index contributed by atoms with van der Waals surface area (Å²) in [4.78, 5) is 0. The molecule has 0 amide bonds. The first-order valence-corrected chi connectivity index (χ1v) is 34.0. The summed E-state index contributed by atoms with van der Waals surface area (Å²) in [6.45, 7) is 33.4. The van der Waals surface area contributed by atoms with Crippen molar-refractivity contribution in [2.75, 3.05) is 98.7 Å². The number of nitrogens with one attached hydrogen (secondary N) is 6. The van der Waals surface area contributed by atoms with Crippen LogP contribution in [0.15, 0.2) is 13.5 Å². The molecule has 0 saturated carbocycles. The summed E-state index contributed by atoms with van der Waals surface area (Å²) in [5.74, 6) is 0. The molecule has 24 heteroatoms. The van der Waals surface area contributed by atoms with Crippen molar-refractivity contribution in [3.05, 3.63) is 0 Å². The molecule has 360 valence electrons. The van der Waals surface area contributed by atoms with E-state index < -0.39 is 48.9 Å². The largest absolute Gasteiger partial charge is 0.500 e. The Balaban J connectivity index is 3.90. The summed E-state index contributed by atoms with van der Waals surface area (Å²) >= 11 is 0. The van der Waals surface area contributed by atoms with Gasteiger partial charge < -0.3 is 39.8 Å². The van der Waals surface area contributed by atoms with Crippen LogP contribution < -0.4 is 30.5 Å². The van der Waals surface area contributed by atoms with Crippen molar-refractivity contribution in [3.8, 4) is 0 Å². The zero-order valence-corrected chi connectivity index (χ0v) is 45.5. The molecule has 0 bridgehead atoms. The summed E-state index contributed by atoms with van der Waals surface area (Å²) < 4.78 is 73.1. The van der Waals surface area contributed by atoms with Gasteiger partial charge in [0.25, 0.3) is 0 Å². The van der Waals surface area contributed by atoms with Crippen molar-refractivity contribution in [3.63, 3.8) is 0 Å². The van der Waals surface area contributed by atoms with Gasteiger partial charge in [0.05, 0.1) is 0 Å². The Bertz CT molecular complexity index is 1070. The maximum atomic E-state index is 6.22. The summed E-state index contributed by atoms with van der Waals surface area (Å²) in [5.41, 5.74) is 0. The van der Waals surface area contributed by atoms with Gasteiger partial charge in [0, 0.05) is 117 Å². The van der Waals surface area contributed by atoms with Crippen LogP contribution in [0.3, 0.4) is 0 Å². The van der Waals surface area contributed by atoms with Crippen LogP contribution in [0.25, 0.3) is 0 Å². The predicted octanol–water partition coefficient (Wildman–Crippen LogP) is 8.92. The first kappa shape index (κ1) is 58.8. The molecule has 0 aromatic rings. The Morgan fingerprint density at radius 3 is 0.650 bits per heavy atom. The summed E-state index contributed by atoms with van der Waals surface area (Å²) in [6, 6.07) is 2.05. The van der Waals surface area contributed by atoms with E-state index in [4.69, 9.17) is 53.4 Å². The van der Waals surface area contributed by atoms with Crippen molar-refractivity contribution in [2.45, 2.75) is 140 Å². The topological polar surface area (TPSA) is 192 Å². The van der Waals surface area contributed by atoms with Crippen LogP contribution in [0.5, 0.6) is 0 Å². The van der Waals surface area contributed by atoms with Gasteiger partial charge in [0.1, 0.15) is 0 Å². The van der Waals surface area contributed by atoms with Crippen LogP contribution in [-0.4, -0.2) is 125 Å². The van der Waals surface area contributed by atoms with Crippen molar-refractivity contribution in [1.29, 1.82) is 0 Å². The Labute approximate surface area is 370 Å². The highest BCUT2D eigenvalue weighted by Gasteiger charge is 2.43. The standard InChI is InChI=1S/C36H90N9O9P3Si3/c1-13-28-37-55(40-31-25-34-58(46-16-4,47-17-5)48-18-6)43-56(38-29-14-2,41-32-26-35-59(49-19-7,50-20-8)51-21-9)45-57(44-55,39-30-15-3)42-33-27-36-60(52-22-10,53-23-11)54-24-12/h37-42H,13-36H2,1-12H3. The third-order valence-corrected chi connectivity index (χ3v) is 28.4. The van der Waals surface area contributed by atoms with Crippen molar-refractivity contribution >= 4 is 48.9 Å². The van der Waals surface area contributed by atoms with Gasteiger partial charge in [-0.25, -0.2) is 0 Å². The average Bonchev–Trinajstić information content (AvgIpc) is 3.22. The SMILES string of the molecule is CCCNP1(NCCC[Si](OCC)(OCC)OCC)=NP(NCCC)(NCCC[Si](OCC)(OCC)OCC)=NP(NCCC)(NCCC[Si](OCC)(OCC)OCC)=N1. The monoisotopic (exact) mass is 970 g/mol. The van der Waals surface area contributed by atoms with Gasteiger partial charge in [-0.2, -0.15) is 13.5 Å². The van der Waals surface area contributed by atoms with Crippen LogP contribution in [0.2, 0.25) is 18.1 Å². The molecule has 6 N–H and O–H groups in total. The summed E-state index contributed by atoms with van der Waals surface area (Å²) in [7, 11) is -17.0. The molecule has 0 saturated heterocycles. The van der Waals surface area contributed by atoms with Gasteiger partial charge in [-0.3, -0.25) is 30.5 Å². The minimum atomic E-state index is -2.85. The molecule has 0 radical (unpaired) electrons. The molecule has 1 aliphatic heterocycles. The average molecular weight is 970 g/mol. The van der Waals surface area contributed by atoms with E-state index in [1.807, 2.05) is 62.3 Å². The second-order valence-corrected chi connectivity index (χ2v) is 29.6. The van der Waals surface area contributed by atoms with E-state index >= 15 is 0 Å².